The molecule has 3 amide bonds. The van der Waals surface area contributed by atoms with E-state index in [2.05, 4.69) is 34.9 Å². The fourth-order valence-electron chi connectivity index (χ4n) is 4.36. The quantitative estimate of drug-likeness (QED) is 0.176. The number of anilines is 2. The number of aromatic nitrogens is 1. The smallest absolute Gasteiger partial charge is 0.316 e. The van der Waals surface area contributed by atoms with Gasteiger partial charge in [0.1, 0.15) is 11.5 Å². The van der Waals surface area contributed by atoms with Crippen LogP contribution < -0.4 is 22.1 Å². The summed E-state index contributed by atoms with van der Waals surface area (Å²) < 4.78 is 1.95. The molecule has 4 aromatic carbocycles. The van der Waals surface area contributed by atoms with Crippen LogP contribution >= 0.6 is 0 Å². The van der Waals surface area contributed by atoms with Crippen molar-refractivity contribution < 1.29 is 9.59 Å². The zero-order valence-corrected chi connectivity index (χ0v) is 19.3. The number of fused-ring (bicyclic) bond motifs is 2. The molecule has 8 nitrogen and oxygen atoms in total. The SMILES string of the molecule is N=C(N)c1ccc2cc(C(=O)Nc3ccc(NC(N)=O)cc3)n(Cc3cccc4ccccc34)c2c1. The number of carbonyl (C=O) groups is 2. The molecular weight excluding hydrogens is 452 g/mol. The van der Waals surface area contributed by atoms with E-state index in [0.717, 1.165) is 27.2 Å². The van der Waals surface area contributed by atoms with Crippen molar-refractivity contribution >= 4 is 50.8 Å². The minimum atomic E-state index is -0.658. The molecule has 5 rings (SSSR count). The van der Waals surface area contributed by atoms with Crippen LogP contribution in [0.3, 0.4) is 0 Å². The lowest BCUT2D eigenvalue weighted by Gasteiger charge is -2.14. The van der Waals surface area contributed by atoms with Crippen molar-refractivity contribution in [3.05, 3.63) is 108 Å². The topological polar surface area (TPSA) is 139 Å². The number of nitrogens with one attached hydrogen (secondary N) is 3. The highest BCUT2D eigenvalue weighted by Crippen LogP contribution is 2.27. The van der Waals surface area contributed by atoms with Crippen LogP contribution in [0.15, 0.2) is 91.0 Å². The first-order valence-electron chi connectivity index (χ1n) is 11.3. The van der Waals surface area contributed by atoms with Crippen molar-refractivity contribution in [1.29, 1.82) is 5.41 Å². The Hall–Kier alpha value is -5.11. The number of urea groups is 1. The zero-order valence-electron chi connectivity index (χ0n) is 19.3. The van der Waals surface area contributed by atoms with Gasteiger partial charge in [-0.1, -0.05) is 54.6 Å². The first-order chi connectivity index (χ1) is 17.4. The molecule has 0 fully saturated rings. The summed E-state index contributed by atoms with van der Waals surface area (Å²) in [5.41, 5.74) is 14.9. The summed E-state index contributed by atoms with van der Waals surface area (Å²) in [7, 11) is 0. The minimum absolute atomic E-state index is 0.0366. The van der Waals surface area contributed by atoms with Gasteiger partial charge >= 0.3 is 6.03 Å². The van der Waals surface area contributed by atoms with E-state index >= 15 is 0 Å². The van der Waals surface area contributed by atoms with E-state index in [0.29, 0.717) is 29.2 Å². The van der Waals surface area contributed by atoms with Gasteiger partial charge in [0.15, 0.2) is 0 Å². The predicted molar refractivity (Wildman–Crippen MR) is 144 cm³/mol. The molecule has 0 bridgehead atoms. The fraction of sp³-hybridized carbons (Fsp3) is 0.0357. The molecule has 0 spiro atoms. The maximum atomic E-state index is 13.5. The third-order valence-electron chi connectivity index (χ3n) is 6.07. The molecule has 1 heterocycles. The summed E-state index contributed by atoms with van der Waals surface area (Å²) in [5, 5.41) is 16.4. The largest absolute Gasteiger partial charge is 0.384 e. The van der Waals surface area contributed by atoms with Gasteiger partial charge in [0.05, 0.1) is 0 Å². The summed E-state index contributed by atoms with van der Waals surface area (Å²) >= 11 is 0. The summed E-state index contributed by atoms with van der Waals surface area (Å²) in [5.74, 6) is -0.322. The number of nitrogens with two attached hydrogens (primary N) is 2. The van der Waals surface area contributed by atoms with Crippen LogP contribution in [0.1, 0.15) is 21.6 Å². The average molecular weight is 477 g/mol. The van der Waals surface area contributed by atoms with Crippen LogP contribution in [0.2, 0.25) is 0 Å². The van der Waals surface area contributed by atoms with Crippen LogP contribution in [0.4, 0.5) is 16.2 Å². The van der Waals surface area contributed by atoms with Gasteiger partial charge in [0.25, 0.3) is 5.91 Å². The van der Waals surface area contributed by atoms with Crippen molar-refractivity contribution in [3.63, 3.8) is 0 Å². The van der Waals surface area contributed by atoms with Crippen molar-refractivity contribution in [2.75, 3.05) is 10.6 Å². The number of hydrogen-bond donors (Lipinski definition) is 5. The fourth-order valence-corrected chi connectivity index (χ4v) is 4.36. The number of nitrogens with zero attached hydrogens (tertiary/aromatic N) is 1. The van der Waals surface area contributed by atoms with Crippen molar-refractivity contribution in [3.8, 4) is 0 Å². The van der Waals surface area contributed by atoms with Crippen molar-refractivity contribution in [2.24, 2.45) is 11.5 Å². The molecule has 0 radical (unpaired) electrons. The van der Waals surface area contributed by atoms with Gasteiger partial charge in [0, 0.05) is 34.4 Å². The monoisotopic (exact) mass is 476 g/mol. The van der Waals surface area contributed by atoms with Crippen LogP contribution in [0.5, 0.6) is 0 Å². The Labute approximate surface area is 207 Å². The second-order valence-corrected chi connectivity index (χ2v) is 8.46. The Balaban J connectivity index is 1.56. The first-order valence-corrected chi connectivity index (χ1v) is 11.3. The van der Waals surface area contributed by atoms with E-state index in [1.165, 1.54) is 0 Å². The Morgan fingerprint density at radius 3 is 2.19 bits per heavy atom. The predicted octanol–water partition coefficient (Wildman–Crippen LogP) is 4.87. The van der Waals surface area contributed by atoms with Gasteiger partial charge in [0.2, 0.25) is 0 Å². The molecule has 0 saturated heterocycles. The number of hydrogen-bond acceptors (Lipinski definition) is 3. The average Bonchev–Trinajstić information content (AvgIpc) is 3.23. The zero-order chi connectivity index (χ0) is 25.2. The standard InChI is InChI=1S/C28H24N6O2/c29-26(30)19-9-8-18-14-25(27(35)32-21-10-12-22(13-11-21)33-28(31)36)34(24(18)15-19)16-20-6-3-5-17-4-1-2-7-23(17)20/h1-15H,16H2,(H3,29,30)(H,32,35)(H3,31,33,36). The van der Waals surface area contributed by atoms with Crippen LogP contribution in [-0.4, -0.2) is 22.3 Å². The van der Waals surface area contributed by atoms with E-state index in [4.69, 9.17) is 16.9 Å². The highest BCUT2D eigenvalue weighted by molar-refractivity contribution is 6.07. The van der Waals surface area contributed by atoms with Gasteiger partial charge in [-0.3, -0.25) is 10.2 Å². The molecule has 0 aliphatic heterocycles. The molecule has 8 heteroatoms. The number of rotatable bonds is 6. The molecule has 0 unspecified atom stereocenters. The van der Waals surface area contributed by atoms with E-state index in [-0.39, 0.29) is 11.7 Å². The van der Waals surface area contributed by atoms with E-state index in [1.54, 1.807) is 30.3 Å². The third-order valence-corrected chi connectivity index (χ3v) is 6.07. The summed E-state index contributed by atoms with van der Waals surface area (Å²) in [6.07, 6.45) is 0. The number of primary amides is 1. The van der Waals surface area contributed by atoms with Crippen LogP contribution in [0.25, 0.3) is 21.7 Å². The van der Waals surface area contributed by atoms with Crippen LogP contribution in [0, 0.1) is 5.41 Å². The Bertz CT molecular complexity index is 1630. The van der Waals surface area contributed by atoms with Gasteiger partial charge < -0.3 is 26.7 Å². The van der Waals surface area contributed by atoms with Gasteiger partial charge in [-0.25, -0.2) is 4.79 Å². The van der Waals surface area contributed by atoms with Crippen molar-refractivity contribution in [2.45, 2.75) is 6.54 Å². The molecule has 0 aliphatic rings. The molecular formula is C28H24N6O2. The van der Waals surface area contributed by atoms with E-state index < -0.39 is 6.03 Å². The number of benzene rings is 4. The molecule has 1 aromatic heterocycles. The number of nitrogen functional groups attached to an aromatic ring is 1. The van der Waals surface area contributed by atoms with E-state index in [1.807, 2.05) is 41.0 Å². The van der Waals surface area contributed by atoms with Crippen LogP contribution in [-0.2, 0) is 6.54 Å². The molecule has 0 saturated carbocycles. The molecule has 0 aliphatic carbocycles. The second kappa shape index (κ2) is 9.27. The van der Waals surface area contributed by atoms with Gasteiger partial charge in [-0.15, -0.1) is 0 Å². The molecule has 7 N–H and O–H groups in total. The molecule has 36 heavy (non-hydrogen) atoms. The Kier molecular flexibility index (Phi) is 5.83. The number of amidine groups is 1. The van der Waals surface area contributed by atoms with E-state index in [9.17, 15) is 9.59 Å². The lowest BCUT2D eigenvalue weighted by Crippen LogP contribution is -2.19. The third kappa shape index (κ3) is 4.47. The first kappa shape index (κ1) is 22.7. The number of carbonyl (C=O) groups excluding carboxylic acids is 2. The molecule has 5 aromatic rings. The summed E-state index contributed by atoms with van der Waals surface area (Å²) in [4.78, 5) is 24.5. The summed E-state index contributed by atoms with van der Waals surface area (Å²) in [6.45, 7) is 0.455. The highest BCUT2D eigenvalue weighted by Gasteiger charge is 2.18. The van der Waals surface area contributed by atoms with Gasteiger partial charge in [-0.05, 0) is 52.7 Å². The van der Waals surface area contributed by atoms with Gasteiger partial charge in [-0.2, -0.15) is 0 Å². The second-order valence-electron chi connectivity index (χ2n) is 8.46. The lowest BCUT2D eigenvalue weighted by molar-refractivity contribution is 0.101. The molecule has 178 valence electrons. The molecule has 0 atom stereocenters. The number of amides is 3. The normalized spacial score (nSPS) is 10.9. The lowest BCUT2D eigenvalue weighted by atomic mass is 10.0. The van der Waals surface area contributed by atoms with Crippen molar-refractivity contribution in [1.82, 2.24) is 4.57 Å². The highest BCUT2D eigenvalue weighted by atomic mass is 16.2. The summed E-state index contributed by atoms with van der Waals surface area (Å²) in [6, 6.07) is 27.6. The maximum absolute atomic E-state index is 13.5. The minimum Gasteiger partial charge on any atom is -0.384 e. The Morgan fingerprint density at radius 1 is 0.778 bits per heavy atom. The Morgan fingerprint density at radius 2 is 1.47 bits per heavy atom. The maximum Gasteiger partial charge on any atom is 0.316 e.